The molecule has 0 atom stereocenters. The summed E-state index contributed by atoms with van der Waals surface area (Å²) in [6.07, 6.45) is 0.679. The van der Waals surface area contributed by atoms with Crippen molar-refractivity contribution >= 4 is 16.0 Å². The Morgan fingerprint density at radius 3 is 2.25 bits per heavy atom. The summed E-state index contributed by atoms with van der Waals surface area (Å²) in [5.74, 6) is -0.160. The highest BCUT2D eigenvalue weighted by Gasteiger charge is 2.26. The van der Waals surface area contributed by atoms with Crippen LogP contribution in [0.25, 0.3) is 0 Å². The molecule has 0 rings (SSSR count). The lowest BCUT2D eigenvalue weighted by molar-refractivity contribution is 0.409. The molecule has 0 spiro atoms. The van der Waals surface area contributed by atoms with E-state index in [-0.39, 0.29) is 12.4 Å². The monoisotopic (exact) mass is 250 g/mol. The van der Waals surface area contributed by atoms with Crippen LogP contribution in [0.3, 0.4) is 0 Å². The first kappa shape index (κ1) is 15.3. The predicted molar refractivity (Wildman–Crippen MR) is 65.6 cm³/mol. The Morgan fingerprint density at radius 1 is 1.44 bits per heavy atom. The Hall–Kier alpha value is -0.660. The highest BCUT2D eigenvalue weighted by atomic mass is 32.2. The van der Waals surface area contributed by atoms with Crippen LogP contribution in [-0.2, 0) is 10.2 Å². The van der Waals surface area contributed by atoms with Crippen LogP contribution >= 0.6 is 0 Å². The van der Waals surface area contributed by atoms with Crippen molar-refractivity contribution in [3.05, 3.63) is 0 Å². The smallest absolute Gasteiger partial charge is 0.280 e. The first-order valence-electron chi connectivity index (χ1n) is 5.20. The van der Waals surface area contributed by atoms with Crippen LogP contribution in [0.15, 0.2) is 0 Å². The normalized spacial score (nSPS) is 13.1. The molecule has 0 aliphatic carbocycles. The second-order valence-electron chi connectivity index (χ2n) is 4.72. The topological polar surface area (TPSA) is 99.3 Å². The highest BCUT2D eigenvalue weighted by molar-refractivity contribution is 7.87. The number of nitrogens with two attached hydrogens (primary N) is 1. The van der Waals surface area contributed by atoms with E-state index in [1.165, 1.54) is 4.31 Å². The van der Waals surface area contributed by atoms with E-state index in [0.29, 0.717) is 13.0 Å². The van der Waals surface area contributed by atoms with Gasteiger partial charge >= 0.3 is 0 Å². The number of hydrogen-bond donors (Lipinski definition) is 3. The van der Waals surface area contributed by atoms with Crippen molar-refractivity contribution in [1.82, 2.24) is 9.03 Å². The Bertz CT molecular complexity index is 332. The maximum absolute atomic E-state index is 11.9. The molecule has 0 aromatic carbocycles. The molecule has 96 valence electrons. The zero-order valence-corrected chi connectivity index (χ0v) is 11.2. The van der Waals surface area contributed by atoms with E-state index in [1.54, 1.807) is 20.8 Å². The first-order valence-corrected chi connectivity index (χ1v) is 6.64. The third kappa shape index (κ3) is 6.04. The average Bonchev–Trinajstić information content (AvgIpc) is 1.97. The number of nitrogens with one attached hydrogen (secondary N) is 2. The van der Waals surface area contributed by atoms with Crippen molar-refractivity contribution in [3.63, 3.8) is 0 Å². The summed E-state index contributed by atoms with van der Waals surface area (Å²) in [5.41, 5.74) is 4.69. The van der Waals surface area contributed by atoms with E-state index in [4.69, 9.17) is 11.1 Å². The van der Waals surface area contributed by atoms with E-state index >= 15 is 0 Å². The van der Waals surface area contributed by atoms with Gasteiger partial charge < -0.3 is 5.73 Å². The minimum absolute atomic E-state index is 0.0702. The van der Waals surface area contributed by atoms with E-state index in [0.717, 1.165) is 0 Å². The van der Waals surface area contributed by atoms with Gasteiger partial charge in [0.1, 0.15) is 5.84 Å². The summed E-state index contributed by atoms with van der Waals surface area (Å²) in [4.78, 5) is 0. The van der Waals surface area contributed by atoms with Gasteiger partial charge in [0, 0.05) is 12.1 Å². The fourth-order valence-corrected chi connectivity index (χ4v) is 2.81. The Balaban J connectivity index is 4.83. The molecule has 7 heteroatoms. The lowest BCUT2D eigenvalue weighted by atomic mass is 10.1. The van der Waals surface area contributed by atoms with Crippen LogP contribution in [0, 0.1) is 5.41 Å². The standard InChI is InChI=1S/C9H22N4O2S/c1-5-6-13(7-8(10)11)16(14,15)12-9(2,3)4/h12H,5-7H2,1-4H3,(H3,10,11). The Labute approximate surface area is 97.9 Å². The molecule has 0 amide bonds. The minimum atomic E-state index is -3.57. The quantitative estimate of drug-likeness (QED) is 0.466. The summed E-state index contributed by atoms with van der Waals surface area (Å²) in [5, 5.41) is 7.16. The molecule has 0 unspecified atom stereocenters. The molecule has 0 radical (unpaired) electrons. The van der Waals surface area contributed by atoms with E-state index < -0.39 is 15.7 Å². The van der Waals surface area contributed by atoms with Gasteiger partial charge in [-0.1, -0.05) is 6.92 Å². The molecule has 0 bridgehead atoms. The number of rotatable bonds is 6. The number of hydrogen-bond acceptors (Lipinski definition) is 3. The third-order valence-electron chi connectivity index (χ3n) is 1.59. The van der Waals surface area contributed by atoms with Crippen LogP contribution in [0.4, 0.5) is 0 Å². The summed E-state index contributed by atoms with van der Waals surface area (Å²) in [6, 6.07) is 0. The van der Waals surface area contributed by atoms with Crippen LogP contribution < -0.4 is 10.5 Å². The summed E-state index contributed by atoms with van der Waals surface area (Å²) >= 11 is 0. The maximum atomic E-state index is 11.9. The molecule has 6 nitrogen and oxygen atoms in total. The van der Waals surface area contributed by atoms with Gasteiger partial charge in [-0.05, 0) is 27.2 Å². The van der Waals surface area contributed by atoms with E-state index in [2.05, 4.69) is 4.72 Å². The van der Waals surface area contributed by atoms with Gasteiger partial charge in [0.25, 0.3) is 10.2 Å². The second-order valence-corrected chi connectivity index (χ2v) is 6.39. The van der Waals surface area contributed by atoms with Gasteiger partial charge in [-0.2, -0.15) is 17.4 Å². The summed E-state index contributed by atoms with van der Waals surface area (Å²) in [7, 11) is -3.57. The molecule has 0 aliphatic rings. The molecular weight excluding hydrogens is 228 g/mol. The van der Waals surface area contributed by atoms with Crippen molar-refractivity contribution in [2.24, 2.45) is 5.73 Å². The molecule has 0 aromatic rings. The SMILES string of the molecule is CCCN(CC(=N)N)S(=O)(=O)NC(C)(C)C. The van der Waals surface area contributed by atoms with Crippen molar-refractivity contribution in [2.75, 3.05) is 13.1 Å². The van der Waals surface area contributed by atoms with Crippen molar-refractivity contribution in [3.8, 4) is 0 Å². The fourth-order valence-electron chi connectivity index (χ4n) is 1.18. The van der Waals surface area contributed by atoms with Gasteiger partial charge in [-0.3, -0.25) is 5.41 Å². The van der Waals surface area contributed by atoms with Gasteiger partial charge in [-0.15, -0.1) is 0 Å². The maximum Gasteiger partial charge on any atom is 0.280 e. The van der Waals surface area contributed by atoms with Crippen molar-refractivity contribution < 1.29 is 8.42 Å². The van der Waals surface area contributed by atoms with Gasteiger partial charge in [0.15, 0.2) is 0 Å². The molecule has 0 saturated carbocycles. The summed E-state index contributed by atoms with van der Waals surface area (Å²) < 4.78 is 27.6. The van der Waals surface area contributed by atoms with Crippen LogP contribution in [0.1, 0.15) is 34.1 Å². The zero-order valence-electron chi connectivity index (χ0n) is 10.4. The zero-order chi connectivity index (χ0) is 13.0. The Morgan fingerprint density at radius 2 is 1.94 bits per heavy atom. The van der Waals surface area contributed by atoms with Gasteiger partial charge in [-0.25, -0.2) is 0 Å². The molecule has 0 saturated heterocycles. The minimum Gasteiger partial charge on any atom is -0.387 e. The highest BCUT2D eigenvalue weighted by Crippen LogP contribution is 2.06. The number of amidine groups is 1. The average molecular weight is 250 g/mol. The Kier molecular flexibility index (Phi) is 5.37. The lowest BCUT2D eigenvalue weighted by Crippen LogP contribution is -2.51. The predicted octanol–water partition coefficient (Wildman–Crippen LogP) is 0.267. The van der Waals surface area contributed by atoms with Crippen LogP contribution in [0.2, 0.25) is 0 Å². The third-order valence-corrected chi connectivity index (χ3v) is 3.46. The fraction of sp³-hybridized carbons (Fsp3) is 0.889. The number of nitrogens with zero attached hydrogens (tertiary/aromatic N) is 1. The molecule has 0 aliphatic heterocycles. The van der Waals surface area contributed by atoms with Gasteiger partial charge in [0.05, 0.1) is 6.54 Å². The molecular formula is C9H22N4O2S. The largest absolute Gasteiger partial charge is 0.387 e. The van der Waals surface area contributed by atoms with Gasteiger partial charge in [0.2, 0.25) is 0 Å². The van der Waals surface area contributed by atoms with Crippen LogP contribution in [0.5, 0.6) is 0 Å². The lowest BCUT2D eigenvalue weighted by Gasteiger charge is -2.27. The van der Waals surface area contributed by atoms with Crippen LogP contribution in [-0.4, -0.2) is 37.2 Å². The van der Waals surface area contributed by atoms with E-state index in [1.807, 2.05) is 6.92 Å². The van der Waals surface area contributed by atoms with Crippen molar-refractivity contribution in [2.45, 2.75) is 39.7 Å². The molecule has 0 aromatic heterocycles. The molecule has 0 heterocycles. The van der Waals surface area contributed by atoms with E-state index in [9.17, 15) is 8.42 Å². The summed E-state index contributed by atoms with van der Waals surface area (Å²) in [6.45, 7) is 7.46. The molecule has 4 N–H and O–H groups in total. The molecule has 16 heavy (non-hydrogen) atoms. The second kappa shape index (κ2) is 5.60. The van der Waals surface area contributed by atoms with Crippen molar-refractivity contribution in [1.29, 1.82) is 5.41 Å². The molecule has 0 fully saturated rings. The first-order chi connectivity index (χ1) is 7.08.